The van der Waals surface area contributed by atoms with Crippen molar-refractivity contribution in [1.82, 2.24) is 14.9 Å². The Balaban J connectivity index is 1.70. The number of nitrogens with one attached hydrogen (secondary N) is 1. The minimum absolute atomic E-state index is 0.713. The van der Waals surface area contributed by atoms with Crippen LogP contribution < -0.4 is 14.8 Å². The van der Waals surface area contributed by atoms with Crippen LogP contribution in [0.15, 0.2) is 42.5 Å². The lowest BCUT2D eigenvalue weighted by atomic mass is 10.2. The molecule has 146 valence electrons. The second-order valence-corrected chi connectivity index (χ2v) is 6.62. The molecule has 3 aromatic rings. The molecule has 1 aliphatic rings. The van der Waals surface area contributed by atoms with Gasteiger partial charge in [-0.3, -0.25) is 4.90 Å². The fourth-order valence-corrected chi connectivity index (χ4v) is 3.23. The summed E-state index contributed by atoms with van der Waals surface area (Å²) in [4.78, 5) is 12.0. The number of para-hydroxylation sites is 2. The molecule has 0 amide bonds. The van der Waals surface area contributed by atoms with Crippen LogP contribution in [0.25, 0.3) is 11.0 Å². The molecule has 0 unspecified atom stereocenters. The van der Waals surface area contributed by atoms with E-state index in [1.807, 2.05) is 42.5 Å². The van der Waals surface area contributed by atoms with Crippen LogP contribution in [-0.2, 0) is 11.3 Å². The normalized spacial score (nSPS) is 14.8. The first-order chi connectivity index (χ1) is 13.7. The highest BCUT2D eigenvalue weighted by Gasteiger charge is 2.16. The number of hydrogen-bond acceptors (Lipinski definition) is 7. The van der Waals surface area contributed by atoms with E-state index in [0.717, 1.165) is 54.5 Å². The van der Waals surface area contributed by atoms with Crippen molar-refractivity contribution in [3.8, 4) is 11.5 Å². The highest BCUT2D eigenvalue weighted by atomic mass is 16.5. The zero-order valence-electron chi connectivity index (χ0n) is 16.1. The largest absolute Gasteiger partial charge is 0.497 e. The summed E-state index contributed by atoms with van der Waals surface area (Å²) in [5.74, 6) is 2.16. The van der Waals surface area contributed by atoms with Gasteiger partial charge in [-0.05, 0) is 12.1 Å². The molecule has 0 spiro atoms. The maximum absolute atomic E-state index is 5.46. The van der Waals surface area contributed by atoms with Gasteiger partial charge in [0.25, 0.3) is 0 Å². The quantitative estimate of drug-likeness (QED) is 0.704. The summed E-state index contributed by atoms with van der Waals surface area (Å²) in [6, 6.07) is 13.6. The van der Waals surface area contributed by atoms with E-state index in [2.05, 4.69) is 10.2 Å². The summed E-state index contributed by atoms with van der Waals surface area (Å²) in [6.45, 7) is 3.99. The lowest BCUT2D eigenvalue weighted by Crippen LogP contribution is -2.36. The topological polar surface area (TPSA) is 68.7 Å². The van der Waals surface area contributed by atoms with Crippen molar-refractivity contribution >= 4 is 22.5 Å². The second-order valence-electron chi connectivity index (χ2n) is 6.62. The lowest BCUT2D eigenvalue weighted by molar-refractivity contribution is 0.0337. The van der Waals surface area contributed by atoms with Crippen LogP contribution in [0.3, 0.4) is 0 Å². The van der Waals surface area contributed by atoms with Gasteiger partial charge >= 0.3 is 0 Å². The van der Waals surface area contributed by atoms with Crippen LogP contribution in [0, 0.1) is 0 Å². The van der Waals surface area contributed by atoms with Crippen LogP contribution in [0.5, 0.6) is 11.5 Å². The van der Waals surface area contributed by atoms with E-state index in [-0.39, 0.29) is 0 Å². The molecule has 1 aromatic heterocycles. The first-order valence-corrected chi connectivity index (χ1v) is 9.31. The highest BCUT2D eigenvalue weighted by Crippen LogP contribution is 2.29. The van der Waals surface area contributed by atoms with Crippen molar-refractivity contribution in [3.05, 3.63) is 48.2 Å². The van der Waals surface area contributed by atoms with Crippen LogP contribution in [0.1, 0.15) is 5.69 Å². The minimum atomic E-state index is 0.713. The molecule has 2 aromatic carbocycles. The zero-order valence-corrected chi connectivity index (χ0v) is 16.1. The number of rotatable bonds is 6. The number of ether oxygens (including phenoxy) is 3. The average Bonchev–Trinajstić information content (AvgIpc) is 2.74. The lowest BCUT2D eigenvalue weighted by Gasteiger charge is -2.27. The minimum Gasteiger partial charge on any atom is -0.497 e. The number of morpholine rings is 1. The van der Waals surface area contributed by atoms with Gasteiger partial charge in [-0.1, -0.05) is 12.1 Å². The molecule has 1 aliphatic heterocycles. The summed E-state index contributed by atoms with van der Waals surface area (Å²) in [6.07, 6.45) is 0. The van der Waals surface area contributed by atoms with Crippen molar-refractivity contribution in [2.24, 2.45) is 0 Å². The second kappa shape index (κ2) is 8.41. The number of nitrogens with zero attached hydrogens (tertiary/aromatic N) is 3. The molecule has 7 heteroatoms. The molecule has 1 saturated heterocycles. The van der Waals surface area contributed by atoms with Gasteiger partial charge in [0.1, 0.15) is 11.5 Å². The van der Waals surface area contributed by atoms with E-state index in [0.29, 0.717) is 18.0 Å². The third-order valence-electron chi connectivity index (χ3n) is 4.73. The maximum Gasteiger partial charge on any atom is 0.154 e. The number of methoxy groups -OCH3 is 2. The van der Waals surface area contributed by atoms with Gasteiger partial charge in [-0.25, -0.2) is 9.97 Å². The van der Waals surface area contributed by atoms with Crippen LogP contribution in [0.2, 0.25) is 0 Å². The number of hydrogen-bond donors (Lipinski definition) is 1. The standard InChI is InChI=1S/C21H24N4O3/c1-26-16-11-15(12-17(13-16)27-2)22-21-20(14-25-7-9-28-10-8-25)23-18-5-3-4-6-19(18)24-21/h3-6,11-13H,7-10,14H2,1-2H3,(H,22,24). The predicted molar refractivity (Wildman–Crippen MR) is 108 cm³/mol. The van der Waals surface area contributed by atoms with Crippen molar-refractivity contribution in [1.29, 1.82) is 0 Å². The number of anilines is 2. The van der Waals surface area contributed by atoms with Gasteiger partial charge in [0.05, 0.1) is 44.2 Å². The monoisotopic (exact) mass is 380 g/mol. The molecule has 1 N–H and O–H groups in total. The Labute approximate surface area is 164 Å². The summed E-state index contributed by atoms with van der Waals surface area (Å²) < 4.78 is 16.2. The molecule has 0 bridgehead atoms. The van der Waals surface area contributed by atoms with Gasteiger partial charge < -0.3 is 19.5 Å². The molecular weight excluding hydrogens is 356 g/mol. The fraction of sp³-hybridized carbons (Fsp3) is 0.333. The fourth-order valence-electron chi connectivity index (χ4n) is 3.23. The van der Waals surface area contributed by atoms with E-state index in [1.165, 1.54) is 0 Å². The summed E-state index contributed by atoms with van der Waals surface area (Å²) >= 11 is 0. The Morgan fingerprint density at radius 1 is 0.964 bits per heavy atom. The number of benzene rings is 2. The van der Waals surface area contributed by atoms with Crippen LogP contribution >= 0.6 is 0 Å². The van der Waals surface area contributed by atoms with E-state index in [9.17, 15) is 0 Å². The third-order valence-corrected chi connectivity index (χ3v) is 4.73. The van der Waals surface area contributed by atoms with Gasteiger partial charge in [0.2, 0.25) is 0 Å². The molecule has 4 rings (SSSR count). The molecule has 0 aliphatic carbocycles. The molecule has 28 heavy (non-hydrogen) atoms. The van der Waals surface area contributed by atoms with Crippen molar-refractivity contribution < 1.29 is 14.2 Å². The Bertz CT molecular complexity index is 935. The Morgan fingerprint density at radius 3 is 2.25 bits per heavy atom. The molecular formula is C21H24N4O3. The van der Waals surface area contributed by atoms with Gasteiger partial charge in [-0.2, -0.15) is 0 Å². The van der Waals surface area contributed by atoms with E-state index < -0.39 is 0 Å². The predicted octanol–water partition coefficient (Wildman–Crippen LogP) is 3.22. The van der Waals surface area contributed by atoms with Crippen LogP contribution in [0.4, 0.5) is 11.5 Å². The van der Waals surface area contributed by atoms with Crippen LogP contribution in [-0.4, -0.2) is 55.4 Å². The molecule has 1 fully saturated rings. The third kappa shape index (κ3) is 4.16. The van der Waals surface area contributed by atoms with Gasteiger partial charge in [0.15, 0.2) is 5.82 Å². The Kier molecular flexibility index (Phi) is 5.55. The molecule has 0 atom stereocenters. The molecule has 0 saturated carbocycles. The van der Waals surface area contributed by atoms with Crippen molar-refractivity contribution in [3.63, 3.8) is 0 Å². The molecule has 2 heterocycles. The van der Waals surface area contributed by atoms with Crippen molar-refractivity contribution in [2.45, 2.75) is 6.54 Å². The van der Waals surface area contributed by atoms with Crippen molar-refractivity contribution in [2.75, 3.05) is 45.8 Å². The first kappa shape index (κ1) is 18.5. The van der Waals surface area contributed by atoms with E-state index in [1.54, 1.807) is 14.2 Å². The van der Waals surface area contributed by atoms with E-state index in [4.69, 9.17) is 24.2 Å². The highest BCUT2D eigenvalue weighted by molar-refractivity contribution is 5.77. The maximum atomic E-state index is 5.46. The first-order valence-electron chi connectivity index (χ1n) is 9.31. The number of aromatic nitrogens is 2. The average molecular weight is 380 g/mol. The SMILES string of the molecule is COc1cc(Nc2nc3ccccc3nc2CN2CCOCC2)cc(OC)c1. The Hall–Kier alpha value is -2.90. The molecule has 0 radical (unpaired) electrons. The smallest absolute Gasteiger partial charge is 0.154 e. The Morgan fingerprint density at radius 2 is 1.61 bits per heavy atom. The summed E-state index contributed by atoms with van der Waals surface area (Å²) in [5, 5.41) is 3.41. The summed E-state index contributed by atoms with van der Waals surface area (Å²) in [7, 11) is 3.27. The number of fused-ring (bicyclic) bond motifs is 1. The molecule has 7 nitrogen and oxygen atoms in total. The van der Waals surface area contributed by atoms with E-state index >= 15 is 0 Å². The zero-order chi connectivity index (χ0) is 19.3. The van der Waals surface area contributed by atoms with Gasteiger partial charge in [0, 0.05) is 43.5 Å². The summed E-state index contributed by atoms with van der Waals surface area (Å²) in [5.41, 5.74) is 3.48. The van der Waals surface area contributed by atoms with Gasteiger partial charge in [-0.15, -0.1) is 0 Å².